The zero-order valence-electron chi connectivity index (χ0n) is 20.7. The smallest absolute Gasteiger partial charge is 0.420 e. The first-order valence-corrected chi connectivity index (χ1v) is 11.1. The summed E-state index contributed by atoms with van der Waals surface area (Å²) in [6, 6.07) is 6.79. The summed E-state index contributed by atoms with van der Waals surface area (Å²) >= 11 is 0. The molecule has 1 unspecified atom stereocenters. The van der Waals surface area contributed by atoms with E-state index in [0.29, 0.717) is 29.0 Å². The molecular weight excluding hydrogens is 436 g/mol. The van der Waals surface area contributed by atoms with Crippen LogP contribution in [0, 0.1) is 0 Å². The lowest BCUT2D eigenvalue weighted by molar-refractivity contribution is 0.00685. The maximum Gasteiger partial charge on any atom is 0.420 e. The molecule has 0 saturated heterocycles. The maximum absolute atomic E-state index is 12.7. The highest BCUT2D eigenvalue weighted by Gasteiger charge is 2.22. The summed E-state index contributed by atoms with van der Waals surface area (Å²) in [6.45, 7) is 10.8. The predicted octanol–water partition coefficient (Wildman–Crippen LogP) is 3.97. The van der Waals surface area contributed by atoms with Crippen LogP contribution in [0.5, 0.6) is 0 Å². The quantitative estimate of drug-likeness (QED) is 0.427. The number of aromatic nitrogens is 3. The number of esters is 1. The second-order valence-electron chi connectivity index (χ2n) is 10.0. The van der Waals surface area contributed by atoms with Gasteiger partial charge in [0.05, 0.1) is 11.3 Å². The number of pyridine rings is 2. The Morgan fingerprint density at radius 2 is 1.76 bits per heavy atom. The Labute approximate surface area is 199 Å². The van der Waals surface area contributed by atoms with Gasteiger partial charge in [-0.3, -0.25) is 10.3 Å². The van der Waals surface area contributed by atoms with Crippen LogP contribution in [-0.2, 0) is 15.9 Å². The standard InChI is InChI=1S/C25H32N4O5/c1-24(2,3)33-22(31)16-13-17(28-19(14-16)21(30)26-7)12-15-8-10-27-20-18(15)9-11-29(20)23(32)34-25(4,5)6/h8-11,13-14,21,26,30H,12H2,1-7H3. The first-order valence-electron chi connectivity index (χ1n) is 11.1. The number of hydrogen-bond acceptors (Lipinski definition) is 8. The molecule has 1 atom stereocenters. The Balaban J connectivity index is 2.00. The Kier molecular flexibility index (Phi) is 7.09. The summed E-state index contributed by atoms with van der Waals surface area (Å²) in [6.07, 6.45) is 2.01. The van der Waals surface area contributed by atoms with E-state index >= 15 is 0 Å². The van der Waals surface area contributed by atoms with Crippen molar-refractivity contribution >= 4 is 23.1 Å². The van der Waals surface area contributed by atoms with Crippen LogP contribution in [0.15, 0.2) is 36.7 Å². The van der Waals surface area contributed by atoms with E-state index in [9.17, 15) is 14.7 Å². The number of aliphatic hydroxyl groups is 1. The summed E-state index contributed by atoms with van der Waals surface area (Å²) < 4.78 is 12.3. The van der Waals surface area contributed by atoms with Crippen molar-refractivity contribution in [3.63, 3.8) is 0 Å². The van der Waals surface area contributed by atoms with E-state index in [1.54, 1.807) is 73.1 Å². The first kappa shape index (κ1) is 25.3. The maximum atomic E-state index is 12.7. The normalized spacial score (nSPS) is 13.1. The molecule has 3 heterocycles. The largest absolute Gasteiger partial charge is 0.456 e. The van der Waals surface area contributed by atoms with E-state index in [0.717, 1.165) is 10.9 Å². The van der Waals surface area contributed by atoms with Crippen LogP contribution in [0.3, 0.4) is 0 Å². The van der Waals surface area contributed by atoms with Crippen molar-refractivity contribution in [3.8, 4) is 0 Å². The Bertz CT molecular complexity index is 1200. The highest BCUT2D eigenvalue weighted by Crippen LogP contribution is 2.24. The third-order valence-corrected chi connectivity index (χ3v) is 4.73. The van der Waals surface area contributed by atoms with Crippen LogP contribution >= 0.6 is 0 Å². The average molecular weight is 469 g/mol. The molecule has 0 radical (unpaired) electrons. The van der Waals surface area contributed by atoms with Gasteiger partial charge in [0.25, 0.3) is 0 Å². The van der Waals surface area contributed by atoms with Gasteiger partial charge in [-0.15, -0.1) is 0 Å². The number of nitrogens with zero attached hydrogens (tertiary/aromatic N) is 3. The summed E-state index contributed by atoms with van der Waals surface area (Å²) in [4.78, 5) is 34.2. The molecule has 3 aromatic rings. The molecule has 0 amide bonds. The van der Waals surface area contributed by atoms with Crippen molar-refractivity contribution in [2.75, 3.05) is 7.05 Å². The highest BCUT2D eigenvalue weighted by atomic mass is 16.6. The molecule has 3 aromatic heterocycles. The van der Waals surface area contributed by atoms with E-state index in [1.165, 1.54) is 10.6 Å². The van der Waals surface area contributed by atoms with E-state index in [-0.39, 0.29) is 0 Å². The lowest BCUT2D eigenvalue weighted by Crippen LogP contribution is -2.26. The average Bonchev–Trinajstić information content (AvgIpc) is 3.16. The molecule has 2 N–H and O–H groups in total. The molecule has 0 saturated carbocycles. The van der Waals surface area contributed by atoms with Crippen LogP contribution in [0.2, 0.25) is 0 Å². The molecule has 9 nitrogen and oxygen atoms in total. The molecular formula is C25H32N4O5. The summed E-state index contributed by atoms with van der Waals surface area (Å²) in [7, 11) is 1.60. The minimum atomic E-state index is -1.05. The van der Waals surface area contributed by atoms with Crippen LogP contribution in [0.1, 0.15) is 75.1 Å². The Morgan fingerprint density at radius 1 is 1.09 bits per heavy atom. The molecule has 0 aromatic carbocycles. The van der Waals surface area contributed by atoms with Crippen molar-refractivity contribution in [2.24, 2.45) is 0 Å². The van der Waals surface area contributed by atoms with Gasteiger partial charge in [-0.05, 0) is 78.4 Å². The number of carbonyl (C=O) groups is 2. The molecule has 34 heavy (non-hydrogen) atoms. The van der Waals surface area contributed by atoms with E-state index in [1.807, 2.05) is 6.07 Å². The molecule has 0 spiro atoms. The van der Waals surface area contributed by atoms with Crippen LogP contribution in [0.4, 0.5) is 4.79 Å². The lowest BCUT2D eigenvalue weighted by atomic mass is 10.0. The zero-order chi connectivity index (χ0) is 25.3. The van der Waals surface area contributed by atoms with Crippen molar-refractivity contribution in [2.45, 2.75) is 65.4 Å². The van der Waals surface area contributed by atoms with E-state index in [2.05, 4.69) is 15.3 Å². The van der Waals surface area contributed by atoms with Gasteiger partial charge in [0, 0.05) is 29.9 Å². The lowest BCUT2D eigenvalue weighted by Gasteiger charge is -2.20. The third kappa shape index (κ3) is 6.18. The van der Waals surface area contributed by atoms with Gasteiger partial charge in [0.2, 0.25) is 0 Å². The first-order chi connectivity index (χ1) is 15.8. The fourth-order valence-electron chi connectivity index (χ4n) is 3.35. The van der Waals surface area contributed by atoms with Crippen LogP contribution < -0.4 is 5.32 Å². The van der Waals surface area contributed by atoms with Gasteiger partial charge < -0.3 is 14.6 Å². The van der Waals surface area contributed by atoms with Gasteiger partial charge in [-0.1, -0.05) is 0 Å². The van der Waals surface area contributed by atoms with E-state index < -0.39 is 29.5 Å². The predicted molar refractivity (Wildman–Crippen MR) is 128 cm³/mol. The molecule has 0 aliphatic carbocycles. The molecule has 3 rings (SSSR count). The molecule has 0 fully saturated rings. The Hall–Kier alpha value is -3.30. The van der Waals surface area contributed by atoms with Gasteiger partial charge in [-0.25, -0.2) is 19.1 Å². The number of hydrogen-bond donors (Lipinski definition) is 2. The molecule has 0 aliphatic rings. The van der Waals surface area contributed by atoms with Crippen LogP contribution in [0.25, 0.3) is 11.0 Å². The highest BCUT2D eigenvalue weighted by molar-refractivity contribution is 5.90. The third-order valence-electron chi connectivity index (χ3n) is 4.73. The molecule has 0 bridgehead atoms. The summed E-state index contributed by atoms with van der Waals surface area (Å²) in [5.41, 5.74) is 1.17. The fourth-order valence-corrected chi connectivity index (χ4v) is 3.35. The van der Waals surface area contributed by atoms with Crippen molar-refractivity contribution < 1.29 is 24.2 Å². The number of ether oxygens (including phenoxy) is 2. The van der Waals surface area contributed by atoms with Crippen molar-refractivity contribution in [3.05, 3.63) is 59.2 Å². The number of carbonyl (C=O) groups excluding carboxylic acids is 2. The second-order valence-corrected chi connectivity index (χ2v) is 10.0. The number of aliphatic hydroxyl groups excluding tert-OH is 1. The van der Waals surface area contributed by atoms with Gasteiger partial charge in [-0.2, -0.15) is 0 Å². The molecule has 0 aliphatic heterocycles. The topological polar surface area (TPSA) is 116 Å². The van der Waals surface area contributed by atoms with Gasteiger partial charge in [0.1, 0.15) is 23.1 Å². The van der Waals surface area contributed by atoms with Gasteiger partial charge >= 0.3 is 12.1 Å². The number of nitrogens with one attached hydrogen (secondary N) is 1. The van der Waals surface area contributed by atoms with Gasteiger partial charge in [0.15, 0.2) is 0 Å². The molecule has 9 heteroatoms. The zero-order valence-corrected chi connectivity index (χ0v) is 20.7. The minimum Gasteiger partial charge on any atom is -0.456 e. The van der Waals surface area contributed by atoms with Crippen LogP contribution in [-0.4, -0.2) is 50.0 Å². The summed E-state index contributed by atoms with van der Waals surface area (Å²) in [5.74, 6) is -0.503. The molecule has 182 valence electrons. The number of fused-ring (bicyclic) bond motifs is 1. The Morgan fingerprint density at radius 3 is 2.38 bits per heavy atom. The monoisotopic (exact) mass is 468 g/mol. The van der Waals surface area contributed by atoms with E-state index in [4.69, 9.17) is 9.47 Å². The van der Waals surface area contributed by atoms with Crippen molar-refractivity contribution in [1.82, 2.24) is 19.9 Å². The summed E-state index contributed by atoms with van der Waals surface area (Å²) in [5, 5.41) is 13.8. The van der Waals surface area contributed by atoms with Crippen molar-refractivity contribution in [1.29, 1.82) is 0 Å². The fraction of sp³-hybridized carbons (Fsp3) is 0.440. The number of rotatable bonds is 5. The minimum absolute atomic E-state index is 0.292. The SMILES string of the molecule is CNC(O)c1cc(C(=O)OC(C)(C)C)cc(Cc2ccnc3c2ccn3C(=O)OC(C)(C)C)n1. The second kappa shape index (κ2) is 9.52.